The maximum atomic E-state index is 12.1. The molecule has 0 saturated heterocycles. The van der Waals surface area contributed by atoms with E-state index in [0.29, 0.717) is 6.61 Å². The summed E-state index contributed by atoms with van der Waals surface area (Å²) >= 11 is 3.44. The van der Waals surface area contributed by atoms with Crippen LogP contribution in [0.5, 0.6) is 0 Å². The van der Waals surface area contributed by atoms with E-state index in [4.69, 9.17) is 11.2 Å². The molecule has 0 saturated carbocycles. The molecule has 0 bridgehead atoms. The van der Waals surface area contributed by atoms with Gasteiger partial charge in [0.05, 0.1) is 13.2 Å². The Labute approximate surface area is 116 Å². The molecule has 0 aliphatic rings. The van der Waals surface area contributed by atoms with Crippen LogP contribution in [-0.4, -0.2) is 19.1 Å². The van der Waals surface area contributed by atoms with Gasteiger partial charge in [-0.15, -0.1) is 6.42 Å². The lowest BCUT2D eigenvalue weighted by molar-refractivity contribution is -0.150. The van der Waals surface area contributed by atoms with Gasteiger partial charge in [-0.2, -0.15) is 0 Å². The molecule has 1 aromatic carbocycles. The second-order valence-corrected chi connectivity index (χ2v) is 4.74. The molecule has 0 heterocycles. The van der Waals surface area contributed by atoms with Gasteiger partial charge in [-0.1, -0.05) is 40.0 Å². The van der Waals surface area contributed by atoms with E-state index in [-0.39, 0.29) is 12.5 Å². The van der Waals surface area contributed by atoms with Crippen molar-refractivity contribution in [2.75, 3.05) is 13.2 Å². The molecule has 96 valence electrons. The zero-order valence-corrected chi connectivity index (χ0v) is 12.1. The second-order valence-electron chi connectivity index (χ2n) is 3.88. The zero-order valence-electron chi connectivity index (χ0n) is 10.5. The van der Waals surface area contributed by atoms with Crippen LogP contribution in [0.25, 0.3) is 0 Å². The molecule has 1 atom stereocenters. The highest BCUT2D eigenvalue weighted by Gasteiger charge is 2.37. The van der Waals surface area contributed by atoms with Gasteiger partial charge in [-0.3, -0.25) is 5.32 Å². The normalized spacial score (nSPS) is 13.4. The zero-order chi connectivity index (χ0) is 13.6. The summed E-state index contributed by atoms with van der Waals surface area (Å²) in [6, 6.07) is 7.50. The van der Waals surface area contributed by atoms with Gasteiger partial charge in [0.25, 0.3) is 0 Å². The van der Waals surface area contributed by atoms with Crippen LogP contribution >= 0.6 is 15.9 Å². The summed E-state index contributed by atoms with van der Waals surface area (Å²) < 4.78 is 5.96. The van der Waals surface area contributed by atoms with Crippen molar-refractivity contribution in [2.45, 2.75) is 19.4 Å². The first-order chi connectivity index (χ1) is 8.56. The van der Waals surface area contributed by atoms with E-state index < -0.39 is 5.54 Å². The Morgan fingerprint density at radius 2 is 2.22 bits per heavy atom. The minimum absolute atomic E-state index is 0.288. The lowest BCUT2D eigenvalue weighted by atomic mass is 9.92. The molecular formula is C14H16BrNO2. The number of carbonyl (C=O) groups excluding carboxylic acids is 1. The molecule has 0 aromatic heterocycles. The number of hydrogen-bond donors (Lipinski definition) is 1. The number of ether oxygens (including phenoxy) is 1. The van der Waals surface area contributed by atoms with Gasteiger partial charge >= 0.3 is 5.97 Å². The summed E-state index contributed by atoms with van der Waals surface area (Å²) in [5.74, 6) is 2.13. The third-order valence-corrected chi connectivity index (χ3v) is 3.33. The molecule has 1 unspecified atom stereocenters. The molecule has 1 aromatic rings. The van der Waals surface area contributed by atoms with Gasteiger partial charge in [0, 0.05) is 4.47 Å². The fourth-order valence-electron chi connectivity index (χ4n) is 1.65. The van der Waals surface area contributed by atoms with Crippen molar-refractivity contribution in [1.82, 2.24) is 5.32 Å². The third-order valence-electron chi connectivity index (χ3n) is 2.64. The minimum atomic E-state index is -0.956. The van der Waals surface area contributed by atoms with Gasteiger partial charge in [0.15, 0.2) is 0 Å². The quantitative estimate of drug-likeness (QED) is 0.671. The van der Waals surface area contributed by atoms with Crippen LogP contribution in [0.2, 0.25) is 0 Å². The Hall–Kier alpha value is -1.31. The number of esters is 1. The molecule has 0 radical (unpaired) electrons. The van der Waals surface area contributed by atoms with Crippen LogP contribution in [-0.2, 0) is 15.1 Å². The van der Waals surface area contributed by atoms with Crippen LogP contribution in [0.1, 0.15) is 19.4 Å². The van der Waals surface area contributed by atoms with Crippen LogP contribution in [0.15, 0.2) is 28.7 Å². The molecule has 0 aliphatic carbocycles. The summed E-state index contributed by atoms with van der Waals surface area (Å²) in [6.07, 6.45) is 5.25. The number of halogens is 1. The second kappa shape index (κ2) is 6.58. The van der Waals surface area contributed by atoms with Crippen LogP contribution < -0.4 is 5.32 Å². The summed E-state index contributed by atoms with van der Waals surface area (Å²) in [4.78, 5) is 12.1. The van der Waals surface area contributed by atoms with Crippen LogP contribution in [0.3, 0.4) is 0 Å². The molecule has 3 nitrogen and oxygen atoms in total. The van der Waals surface area contributed by atoms with Crippen molar-refractivity contribution in [3.8, 4) is 12.3 Å². The minimum Gasteiger partial charge on any atom is -0.464 e. The fourth-order valence-corrected chi connectivity index (χ4v) is 2.33. The number of hydrogen-bond acceptors (Lipinski definition) is 3. The number of rotatable bonds is 5. The van der Waals surface area contributed by atoms with E-state index in [1.54, 1.807) is 13.8 Å². The standard InChI is InChI=1S/C14H16BrNO2/c1-4-10-16-14(3,13(17)18-5-2)11-8-6-7-9-12(11)15/h1,6-9,16H,5,10H2,2-3H3. The lowest BCUT2D eigenvalue weighted by Gasteiger charge is -2.29. The van der Waals surface area contributed by atoms with E-state index in [1.165, 1.54) is 0 Å². The van der Waals surface area contributed by atoms with Crippen molar-refractivity contribution in [3.05, 3.63) is 34.3 Å². The Morgan fingerprint density at radius 1 is 1.56 bits per heavy atom. The highest BCUT2D eigenvalue weighted by molar-refractivity contribution is 9.10. The molecule has 0 fully saturated rings. The first kappa shape index (κ1) is 14.7. The van der Waals surface area contributed by atoms with E-state index >= 15 is 0 Å². The number of terminal acetylenes is 1. The van der Waals surface area contributed by atoms with Gasteiger partial charge in [0.1, 0.15) is 5.54 Å². The maximum Gasteiger partial charge on any atom is 0.330 e. The fraction of sp³-hybridized carbons (Fsp3) is 0.357. The van der Waals surface area contributed by atoms with E-state index in [1.807, 2.05) is 24.3 Å². The van der Waals surface area contributed by atoms with Crippen molar-refractivity contribution >= 4 is 21.9 Å². The molecule has 4 heteroatoms. The predicted molar refractivity (Wildman–Crippen MR) is 75.0 cm³/mol. The summed E-state index contributed by atoms with van der Waals surface area (Å²) in [5.41, 5.74) is -0.152. The molecule has 1 N–H and O–H groups in total. The Kier molecular flexibility index (Phi) is 5.39. The first-order valence-corrected chi connectivity index (χ1v) is 6.46. The molecule has 18 heavy (non-hydrogen) atoms. The molecular weight excluding hydrogens is 294 g/mol. The average Bonchev–Trinajstić information content (AvgIpc) is 2.36. The van der Waals surface area contributed by atoms with Gasteiger partial charge < -0.3 is 4.74 Å². The molecule has 0 aliphatic heterocycles. The van der Waals surface area contributed by atoms with Crippen molar-refractivity contribution in [3.63, 3.8) is 0 Å². The SMILES string of the molecule is C#CCNC(C)(C(=O)OCC)c1ccccc1Br. The monoisotopic (exact) mass is 309 g/mol. The van der Waals surface area contributed by atoms with E-state index in [2.05, 4.69) is 27.2 Å². The van der Waals surface area contributed by atoms with E-state index in [9.17, 15) is 4.79 Å². The molecule has 0 spiro atoms. The van der Waals surface area contributed by atoms with Gasteiger partial charge in [0.2, 0.25) is 0 Å². The summed E-state index contributed by atoms with van der Waals surface area (Å²) in [6.45, 7) is 4.16. The highest BCUT2D eigenvalue weighted by atomic mass is 79.9. The molecule has 0 amide bonds. The Balaban J connectivity index is 3.16. The van der Waals surface area contributed by atoms with Gasteiger partial charge in [-0.25, -0.2) is 4.79 Å². The largest absolute Gasteiger partial charge is 0.464 e. The Morgan fingerprint density at radius 3 is 2.78 bits per heavy atom. The van der Waals surface area contributed by atoms with Gasteiger partial charge in [-0.05, 0) is 25.5 Å². The summed E-state index contributed by atoms with van der Waals surface area (Å²) in [5, 5.41) is 3.05. The predicted octanol–water partition coefficient (Wildman–Crippen LogP) is 2.45. The smallest absolute Gasteiger partial charge is 0.330 e. The van der Waals surface area contributed by atoms with Crippen molar-refractivity contribution < 1.29 is 9.53 Å². The Bertz CT molecular complexity index is 467. The summed E-state index contributed by atoms with van der Waals surface area (Å²) in [7, 11) is 0. The number of nitrogens with one attached hydrogen (secondary N) is 1. The number of benzene rings is 1. The van der Waals surface area contributed by atoms with Crippen LogP contribution in [0, 0.1) is 12.3 Å². The topological polar surface area (TPSA) is 38.3 Å². The van der Waals surface area contributed by atoms with Crippen LogP contribution in [0.4, 0.5) is 0 Å². The first-order valence-electron chi connectivity index (χ1n) is 5.67. The lowest BCUT2D eigenvalue weighted by Crippen LogP contribution is -2.48. The van der Waals surface area contributed by atoms with Crippen molar-refractivity contribution in [1.29, 1.82) is 0 Å². The number of carbonyl (C=O) groups is 1. The molecule has 1 rings (SSSR count). The van der Waals surface area contributed by atoms with Crippen molar-refractivity contribution in [2.24, 2.45) is 0 Å². The third kappa shape index (κ3) is 3.12. The average molecular weight is 310 g/mol. The highest BCUT2D eigenvalue weighted by Crippen LogP contribution is 2.29. The maximum absolute atomic E-state index is 12.1. The van der Waals surface area contributed by atoms with E-state index in [0.717, 1.165) is 10.0 Å².